The second kappa shape index (κ2) is 3.72. The van der Waals surface area contributed by atoms with E-state index >= 15 is 0 Å². The Hall–Kier alpha value is -0.250. The van der Waals surface area contributed by atoms with Gasteiger partial charge in [0.05, 0.1) is 12.1 Å². The highest BCUT2D eigenvalue weighted by Crippen LogP contribution is 2.32. The maximum atomic E-state index is 11.7. The largest absolute Gasteiger partial charge is 0.333 e. The van der Waals surface area contributed by atoms with Crippen LogP contribution in [0, 0.1) is 0 Å². The molecule has 2 amide bonds. The van der Waals surface area contributed by atoms with E-state index in [9.17, 15) is 4.79 Å². The zero-order valence-electron chi connectivity index (χ0n) is 8.66. The van der Waals surface area contributed by atoms with Gasteiger partial charge in [-0.15, -0.1) is 0 Å². The van der Waals surface area contributed by atoms with E-state index in [-0.39, 0.29) is 6.03 Å². The number of carbonyl (C=O) groups excluding carboxylic acids is 1. The van der Waals surface area contributed by atoms with Crippen molar-refractivity contribution >= 4 is 22.0 Å². The number of nitrogens with one attached hydrogen (secondary N) is 1. The molecular formula is C10H17BrN2O. The van der Waals surface area contributed by atoms with Gasteiger partial charge >= 0.3 is 6.03 Å². The topological polar surface area (TPSA) is 32.3 Å². The molecule has 1 saturated heterocycles. The smallest absolute Gasteiger partial charge is 0.318 e. The van der Waals surface area contributed by atoms with Crippen LogP contribution in [0.1, 0.15) is 33.1 Å². The summed E-state index contributed by atoms with van der Waals surface area (Å²) in [7, 11) is 0. The molecule has 3 atom stereocenters. The van der Waals surface area contributed by atoms with Crippen molar-refractivity contribution in [1.29, 1.82) is 0 Å². The molecule has 2 rings (SSSR count). The van der Waals surface area contributed by atoms with Crippen LogP contribution in [-0.4, -0.2) is 33.9 Å². The fourth-order valence-electron chi connectivity index (χ4n) is 2.59. The van der Waals surface area contributed by atoms with Gasteiger partial charge in [0.15, 0.2) is 0 Å². The molecule has 1 aliphatic carbocycles. The van der Waals surface area contributed by atoms with Gasteiger partial charge in [-0.1, -0.05) is 15.9 Å². The summed E-state index contributed by atoms with van der Waals surface area (Å²) < 4.78 is 0. The van der Waals surface area contributed by atoms with Gasteiger partial charge in [-0.2, -0.15) is 0 Å². The van der Waals surface area contributed by atoms with Crippen LogP contribution in [0.15, 0.2) is 0 Å². The Morgan fingerprint density at radius 3 is 2.86 bits per heavy atom. The summed E-state index contributed by atoms with van der Waals surface area (Å²) >= 11 is 3.63. The van der Waals surface area contributed by atoms with Gasteiger partial charge < -0.3 is 10.2 Å². The Morgan fingerprint density at radius 1 is 1.50 bits per heavy atom. The predicted molar refractivity (Wildman–Crippen MR) is 59.6 cm³/mol. The van der Waals surface area contributed by atoms with Crippen molar-refractivity contribution in [2.24, 2.45) is 0 Å². The number of rotatable bonds is 1. The second-order valence-electron chi connectivity index (χ2n) is 4.53. The third kappa shape index (κ3) is 1.64. The normalized spacial score (nSPS) is 37.3. The van der Waals surface area contributed by atoms with Gasteiger partial charge in [0.1, 0.15) is 0 Å². The van der Waals surface area contributed by atoms with E-state index in [1.54, 1.807) is 0 Å². The van der Waals surface area contributed by atoms with E-state index in [1.807, 2.05) is 4.90 Å². The van der Waals surface area contributed by atoms with Crippen LogP contribution < -0.4 is 5.32 Å². The zero-order valence-corrected chi connectivity index (χ0v) is 10.3. The molecule has 1 heterocycles. The van der Waals surface area contributed by atoms with Crippen LogP contribution in [0.3, 0.4) is 0 Å². The summed E-state index contributed by atoms with van der Waals surface area (Å²) in [6, 6.07) is 1.23. The number of carbonyl (C=O) groups is 1. The van der Waals surface area contributed by atoms with Crippen molar-refractivity contribution in [2.45, 2.75) is 56.1 Å². The summed E-state index contributed by atoms with van der Waals surface area (Å²) in [5.41, 5.74) is 0. The Bertz CT molecular complexity index is 244. The van der Waals surface area contributed by atoms with Crippen molar-refractivity contribution in [3.8, 4) is 0 Å². The summed E-state index contributed by atoms with van der Waals surface area (Å²) in [6.07, 6.45) is 3.37. The molecule has 0 aromatic heterocycles. The molecule has 0 aromatic carbocycles. The van der Waals surface area contributed by atoms with E-state index < -0.39 is 0 Å². The Morgan fingerprint density at radius 2 is 2.21 bits per heavy atom. The molecule has 0 bridgehead atoms. The molecular weight excluding hydrogens is 244 g/mol. The predicted octanol–water partition coefficient (Wildman–Crippen LogP) is 2.10. The molecule has 3 unspecified atom stereocenters. The van der Waals surface area contributed by atoms with Gasteiger partial charge in [0, 0.05) is 10.9 Å². The monoisotopic (exact) mass is 260 g/mol. The molecule has 0 spiro atoms. The molecule has 4 heteroatoms. The van der Waals surface area contributed by atoms with Gasteiger partial charge in [0.2, 0.25) is 0 Å². The minimum atomic E-state index is 0.122. The van der Waals surface area contributed by atoms with E-state index in [0.717, 1.165) is 12.8 Å². The molecule has 3 nitrogen and oxygen atoms in total. The Labute approximate surface area is 93.4 Å². The first-order valence-electron chi connectivity index (χ1n) is 5.32. The van der Waals surface area contributed by atoms with Crippen molar-refractivity contribution in [1.82, 2.24) is 10.2 Å². The first-order valence-corrected chi connectivity index (χ1v) is 6.24. The van der Waals surface area contributed by atoms with Crippen LogP contribution in [0.5, 0.6) is 0 Å². The first-order chi connectivity index (χ1) is 6.59. The second-order valence-corrected chi connectivity index (χ2v) is 5.83. The van der Waals surface area contributed by atoms with E-state index in [0.29, 0.717) is 23.0 Å². The quantitative estimate of drug-likeness (QED) is 0.720. The highest BCUT2D eigenvalue weighted by Gasteiger charge is 2.43. The first kappa shape index (κ1) is 10.3. The fraction of sp³-hybridized carbons (Fsp3) is 0.900. The summed E-state index contributed by atoms with van der Waals surface area (Å²) in [6.45, 7) is 4.17. The molecule has 1 aliphatic heterocycles. The highest BCUT2D eigenvalue weighted by molar-refractivity contribution is 9.09. The van der Waals surface area contributed by atoms with E-state index in [1.165, 1.54) is 6.42 Å². The lowest BCUT2D eigenvalue weighted by atomic mass is 9.90. The van der Waals surface area contributed by atoms with Gasteiger partial charge in [0.25, 0.3) is 0 Å². The van der Waals surface area contributed by atoms with Gasteiger partial charge in [-0.3, -0.25) is 0 Å². The SMILES string of the molecule is CC(C)N1C(=O)NC2CC(Br)CCC21. The van der Waals surface area contributed by atoms with Crippen LogP contribution >= 0.6 is 15.9 Å². The van der Waals surface area contributed by atoms with Crippen LogP contribution in [-0.2, 0) is 0 Å². The number of alkyl halides is 1. The Kier molecular flexibility index (Phi) is 2.73. The van der Waals surface area contributed by atoms with Crippen molar-refractivity contribution in [3.63, 3.8) is 0 Å². The number of urea groups is 1. The third-order valence-electron chi connectivity index (χ3n) is 3.21. The molecule has 0 radical (unpaired) electrons. The highest BCUT2D eigenvalue weighted by atomic mass is 79.9. The van der Waals surface area contributed by atoms with Crippen molar-refractivity contribution < 1.29 is 4.79 Å². The maximum Gasteiger partial charge on any atom is 0.318 e. The Balaban J connectivity index is 2.12. The molecule has 2 fully saturated rings. The van der Waals surface area contributed by atoms with Crippen LogP contribution in [0.2, 0.25) is 0 Å². The minimum Gasteiger partial charge on any atom is -0.333 e. The molecule has 80 valence electrons. The summed E-state index contributed by atoms with van der Waals surface area (Å²) in [5, 5.41) is 3.07. The van der Waals surface area contributed by atoms with Crippen molar-refractivity contribution in [3.05, 3.63) is 0 Å². The zero-order chi connectivity index (χ0) is 10.3. The summed E-state index contributed by atoms with van der Waals surface area (Å²) in [5.74, 6) is 0. The average Bonchev–Trinajstić information content (AvgIpc) is 2.39. The van der Waals surface area contributed by atoms with Gasteiger partial charge in [-0.05, 0) is 33.1 Å². The lowest BCUT2D eigenvalue weighted by molar-refractivity contribution is 0.170. The number of nitrogens with zero attached hydrogens (tertiary/aromatic N) is 1. The molecule has 2 aliphatic rings. The fourth-order valence-corrected chi connectivity index (χ4v) is 3.26. The maximum absolute atomic E-state index is 11.7. The number of hydrogen-bond acceptors (Lipinski definition) is 1. The standard InChI is InChI=1S/C10H17BrN2O/c1-6(2)13-9-4-3-7(11)5-8(9)12-10(13)14/h6-9H,3-5H2,1-2H3,(H,12,14). The number of hydrogen-bond donors (Lipinski definition) is 1. The van der Waals surface area contributed by atoms with Crippen LogP contribution in [0.4, 0.5) is 4.79 Å². The third-order valence-corrected chi connectivity index (χ3v) is 4.04. The molecule has 14 heavy (non-hydrogen) atoms. The average molecular weight is 261 g/mol. The lowest BCUT2D eigenvalue weighted by Crippen LogP contribution is -2.44. The number of halogens is 1. The number of fused-ring (bicyclic) bond motifs is 1. The molecule has 1 saturated carbocycles. The summed E-state index contributed by atoms with van der Waals surface area (Å²) in [4.78, 5) is 14.3. The van der Waals surface area contributed by atoms with E-state index in [4.69, 9.17) is 0 Å². The van der Waals surface area contributed by atoms with Gasteiger partial charge in [-0.25, -0.2) is 4.79 Å². The molecule has 0 aromatic rings. The number of amides is 2. The molecule has 1 N–H and O–H groups in total. The van der Waals surface area contributed by atoms with Crippen molar-refractivity contribution in [2.75, 3.05) is 0 Å². The lowest BCUT2D eigenvalue weighted by Gasteiger charge is -2.34. The van der Waals surface area contributed by atoms with Crippen LogP contribution in [0.25, 0.3) is 0 Å². The van der Waals surface area contributed by atoms with E-state index in [2.05, 4.69) is 35.1 Å². The minimum absolute atomic E-state index is 0.122.